The average Bonchev–Trinajstić information content (AvgIpc) is 2.41. The van der Waals surface area contributed by atoms with Crippen molar-refractivity contribution in [1.82, 2.24) is 0 Å². The van der Waals surface area contributed by atoms with Crippen LogP contribution >= 0.6 is 0 Å². The molecule has 0 aliphatic carbocycles. The van der Waals surface area contributed by atoms with E-state index in [1.54, 1.807) is 24.3 Å². The van der Waals surface area contributed by atoms with E-state index in [-0.39, 0.29) is 17.6 Å². The molecule has 0 spiro atoms. The number of amides is 1. The highest BCUT2D eigenvalue weighted by molar-refractivity contribution is 6.05. The van der Waals surface area contributed by atoms with Gasteiger partial charge in [0.15, 0.2) is 0 Å². The molecule has 0 saturated carbocycles. The lowest BCUT2D eigenvalue weighted by molar-refractivity contribution is 0.102. The van der Waals surface area contributed by atoms with Crippen molar-refractivity contribution in [1.29, 1.82) is 5.41 Å². The summed E-state index contributed by atoms with van der Waals surface area (Å²) in [4.78, 5) is 11.9. The van der Waals surface area contributed by atoms with E-state index in [1.165, 1.54) is 24.3 Å². The zero-order valence-electron chi connectivity index (χ0n) is 9.98. The molecule has 0 unspecified atom stereocenters. The summed E-state index contributed by atoms with van der Waals surface area (Å²) in [6.07, 6.45) is 0. The van der Waals surface area contributed by atoms with E-state index >= 15 is 0 Å². The zero-order chi connectivity index (χ0) is 13.8. The summed E-state index contributed by atoms with van der Waals surface area (Å²) in [5, 5.41) is 9.90. The van der Waals surface area contributed by atoms with E-state index in [1.807, 2.05) is 0 Å². The van der Waals surface area contributed by atoms with Crippen molar-refractivity contribution in [2.45, 2.75) is 0 Å². The average molecular weight is 257 g/mol. The highest BCUT2D eigenvalue weighted by Gasteiger charge is 2.06. The standard InChI is InChI=1S/C14H12FN3O/c15-11-5-7-12(8-6-11)18-14(19)10-3-1-9(2-4-10)13(16)17/h1-8H,(H3,16,17)(H,18,19). The summed E-state index contributed by atoms with van der Waals surface area (Å²) in [5.41, 5.74) is 6.83. The Labute approximate surface area is 109 Å². The van der Waals surface area contributed by atoms with Crippen molar-refractivity contribution in [3.05, 3.63) is 65.5 Å². The van der Waals surface area contributed by atoms with Crippen LogP contribution in [0.5, 0.6) is 0 Å². The molecule has 0 heterocycles. The number of amidine groups is 1. The number of carbonyl (C=O) groups excluding carboxylic acids is 1. The van der Waals surface area contributed by atoms with Gasteiger partial charge in [-0.15, -0.1) is 0 Å². The molecular weight excluding hydrogens is 245 g/mol. The lowest BCUT2D eigenvalue weighted by Gasteiger charge is -2.06. The highest BCUT2D eigenvalue weighted by Crippen LogP contribution is 2.11. The number of halogens is 1. The largest absolute Gasteiger partial charge is 0.384 e. The number of rotatable bonds is 3. The van der Waals surface area contributed by atoms with Gasteiger partial charge in [0, 0.05) is 16.8 Å². The maximum absolute atomic E-state index is 12.7. The Balaban J connectivity index is 2.11. The van der Waals surface area contributed by atoms with Gasteiger partial charge in [-0.1, -0.05) is 12.1 Å². The second kappa shape index (κ2) is 5.30. The first-order chi connectivity index (χ1) is 9.06. The SMILES string of the molecule is N=C(N)c1ccc(C(=O)Nc2ccc(F)cc2)cc1. The topological polar surface area (TPSA) is 79.0 Å². The molecule has 0 fully saturated rings. The van der Waals surface area contributed by atoms with Gasteiger partial charge in [0.2, 0.25) is 0 Å². The number of carbonyl (C=O) groups is 1. The zero-order valence-corrected chi connectivity index (χ0v) is 9.98. The van der Waals surface area contributed by atoms with Crippen molar-refractivity contribution >= 4 is 17.4 Å². The van der Waals surface area contributed by atoms with Gasteiger partial charge in [0.05, 0.1) is 0 Å². The van der Waals surface area contributed by atoms with E-state index in [2.05, 4.69) is 5.32 Å². The first-order valence-corrected chi connectivity index (χ1v) is 5.57. The Hall–Kier alpha value is -2.69. The van der Waals surface area contributed by atoms with Crippen LogP contribution in [0.15, 0.2) is 48.5 Å². The molecule has 96 valence electrons. The number of nitrogen functional groups attached to an aromatic ring is 1. The van der Waals surface area contributed by atoms with Crippen molar-refractivity contribution in [2.24, 2.45) is 5.73 Å². The summed E-state index contributed by atoms with van der Waals surface area (Å²) in [5.74, 6) is -0.712. The first kappa shape index (κ1) is 12.8. The number of nitrogens with one attached hydrogen (secondary N) is 2. The van der Waals surface area contributed by atoms with Crippen molar-refractivity contribution in [3.8, 4) is 0 Å². The van der Waals surface area contributed by atoms with Crippen molar-refractivity contribution < 1.29 is 9.18 Å². The van der Waals surface area contributed by atoms with Gasteiger partial charge in [0.25, 0.3) is 5.91 Å². The quantitative estimate of drug-likeness (QED) is 0.583. The number of hydrogen-bond acceptors (Lipinski definition) is 2. The van der Waals surface area contributed by atoms with Gasteiger partial charge in [-0.2, -0.15) is 0 Å². The van der Waals surface area contributed by atoms with Gasteiger partial charge in [-0.3, -0.25) is 10.2 Å². The lowest BCUT2D eigenvalue weighted by Crippen LogP contribution is -2.14. The third kappa shape index (κ3) is 3.16. The van der Waals surface area contributed by atoms with Crippen molar-refractivity contribution in [2.75, 3.05) is 5.32 Å². The maximum atomic E-state index is 12.7. The molecule has 4 N–H and O–H groups in total. The Morgan fingerprint density at radius 1 is 1.00 bits per heavy atom. The summed E-state index contributed by atoms with van der Waals surface area (Å²) < 4.78 is 12.7. The molecule has 0 radical (unpaired) electrons. The van der Waals surface area contributed by atoms with E-state index < -0.39 is 0 Å². The molecule has 5 heteroatoms. The second-order valence-corrected chi connectivity index (χ2v) is 3.95. The van der Waals surface area contributed by atoms with Crippen LogP contribution < -0.4 is 11.1 Å². The molecular formula is C14H12FN3O. The molecule has 0 aromatic heterocycles. The maximum Gasteiger partial charge on any atom is 0.255 e. The van der Waals surface area contributed by atoms with Gasteiger partial charge < -0.3 is 11.1 Å². The van der Waals surface area contributed by atoms with Gasteiger partial charge in [-0.25, -0.2) is 4.39 Å². The monoisotopic (exact) mass is 257 g/mol. The van der Waals surface area contributed by atoms with Gasteiger partial charge >= 0.3 is 0 Å². The summed E-state index contributed by atoms with van der Waals surface area (Å²) in [7, 11) is 0. The van der Waals surface area contributed by atoms with Gasteiger partial charge in [-0.05, 0) is 36.4 Å². The predicted molar refractivity (Wildman–Crippen MR) is 71.8 cm³/mol. The molecule has 2 aromatic carbocycles. The normalized spacial score (nSPS) is 9.95. The first-order valence-electron chi connectivity index (χ1n) is 5.57. The Morgan fingerprint density at radius 3 is 2.05 bits per heavy atom. The van der Waals surface area contributed by atoms with Gasteiger partial charge in [0.1, 0.15) is 11.7 Å². The Bertz CT molecular complexity index is 606. The fraction of sp³-hybridized carbons (Fsp3) is 0. The predicted octanol–water partition coefficient (Wildman–Crippen LogP) is 2.36. The fourth-order valence-corrected chi connectivity index (χ4v) is 1.54. The third-order valence-corrected chi connectivity index (χ3v) is 2.56. The van der Waals surface area contributed by atoms with E-state index in [4.69, 9.17) is 11.1 Å². The summed E-state index contributed by atoms with van der Waals surface area (Å²) in [6.45, 7) is 0. The molecule has 0 aliphatic rings. The fourth-order valence-electron chi connectivity index (χ4n) is 1.54. The van der Waals surface area contributed by atoms with Crippen LogP contribution in [0.2, 0.25) is 0 Å². The molecule has 4 nitrogen and oxygen atoms in total. The van der Waals surface area contributed by atoms with Crippen molar-refractivity contribution in [3.63, 3.8) is 0 Å². The molecule has 0 atom stereocenters. The number of anilines is 1. The van der Waals surface area contributed by atoms with E-state index in [0.29, 0.717) is 16.8 Å². The molecule has 0 saturated heterocycles. The van der Waals surface area contributed by atoms with Crippen LogP contribution in [0.25, 0.3) is 0 Å². The number of hydrogen-bond donors (Lipinski definition) is 3. The summed E-state index contributed by atoms with van der Waals surface area (Å²) >= 11 is 0. The smallest absolute Gasteiger partial charge is 0.255 e. The number of benzene rings is 2. The lowest BCUT2D eigenvalue weighted by atomic mass is 10.1. The van der Waals surface area contributed by atoms with Crippen LogP contribution in [0, 0.1) is 11.2 Å². The second-order valence-electron chi connectivity index (χ2n) is 3.95. The van der Waals surface area contributed by atoms with Crippen LogP contribution in [0.1, 0.15) is 15.9 Å². The molecule has 19 heavy (non-hydrogen) atoms. The minimum atomic E-state index is -0.358. The van der Waals surface area contributed by atoms with E-state index in [9.17, 15) is 9.18 Å². The molecule has 2 aromatic rings. The molecule has 0 aliphatic heterocycles. The Morgan fingerprint density at radius 2 is 1.53 bits per heavy atom. The van der Waals surface area contributed by atoms with E-state index in [0.717, 1.165) is 0 Å². The van der Waals surface area contributed by atoms with Crippen LogP contribution in [-0.2, 0) is 0 Å². The summed E-state index contributed by atoms with van der Waals surface area (Å²) in [6, 6.07) is 11.9. The molecule has 1 amide bonds. The highest BCUT2D eigenvalue weighted by atomic mass is 19.1. The molecule has 0 bridgehead atoms. The minimum Gasteiger partial charge on any atom is -0.384 e. The van der Waals surface area contributed by atoms with Crippen LogP contribution in [0.4, 0.5) is 10.1 Å². The van der Waals surface area contributed by atoms with Crippen LogP contribution in [0.3, 0.4) is 0 Å². The molecule has 2 rings (SSSR count). The third-order valence-electron chi connectivity index (χ3n) is 2.56. The van der Waals surface area contributed by atoms with Crippen LogP contribution in [-0.4, -0.2) is 11.7 Å². The number of nitrogens with two attached hydrogens (primary N) is 1. The minimum absolute atomic E-state index is 0.0505. The Kier molecular flexibility index (Phi) is 3.56.